The number of aromatic nitrogens is 1. The van der Waals surface area contributed by atoms with Gasteiger partial charge < -0.3 is 9.47 Å². The Balaban J connectivity index is 1.51. The third-order valence-electron chi connectivity index (χ3n) is 3.83. The summed E-state index contributed by atoms with van der Waals surface area (Å²) in [6, 6.07) is 10.5. The van der Waals surface area contributed by atoms with Crippen LogP contribution in [0.5, 0.6) is 5.75 Å². The fraction of sp³-hybridized carbons (Fsp3) is 0.150. The molecule has 2 aromatic carbocycles. The molecule has 156 valence electrons. The average molecular weight is 455 g/mol. The molecular formula is C20H14ClF3N2O3S. The minimum absolute atomic E-state index is 0.0360. The molecule has 0 aliphatic heterocycles. The van der Waals surface area contributed by atoms with Crippen molar-refractivity contribution in [1.82, 2.24) is 4.98 Å². The Morgan fingerprint density at radius 1 is 1.10 bits per heavy atom. The lowest BCUT2D eigenvalue weighted by atomic mass is 10.1. The first kappa shape index (κ1) is 21.8. The Bertz CT molecular complexity index is 1030. The normalized spacial score (nSPS) is 11.2. The van der Waals surface area contributed by atoms with Crippen molar-refractivity contribution in [3.63, 3.8) is 0 Å². The van der Waals surface area contributed by atoms with Crippen molar-refractivity contribution in [3.05, 3.63) is 80.8 Å². The summed E-state index contributed by atoms with van der Waals surface area (Å²) in [7, 11) is 0. The van der Waals surface area contributed by atoms with Gasteiger partial charge >= 0.3 is 12.1 Å². The quantitative estimate of drug-likeness (QED) is 0.371. The highest BCUT2D eigenvalue weighted by Crippen LogP contribution is 2.29. The number of thiazole rings is 1. The zero-order valence-corrected chi connectivity index (χ0v) is 16.8. The first-order valence-electron chi connectivity index (χ1n) is 8.47. The van der Waals surface area contributed by atoms with Crippen molar-refractivity contribution in [2.75, 3.05) is 6.61 Å². The van der Waals surface area contributed by atoms with Crippen molar-refractivity contribution < 1.29 is 27.4 Å². The van der Waals surface area contributed by atoms with Gasteiger partial charge in [0.05, 0.1) is 22.5 Å². The van der Waals surface area contributed by atoms with Crippen LogP contribution in [-0.2, 0) is 17.5 Å². The van der Waals surface area contributed by atoms with Crippen LogP contribution in [-0.4, -0.2) is 23.3 Å². The van der Waals surface area contributed by atoms with E-state index in [1.54, 1.807) is 29.6 Å². The van der Waals surface area contributed by atoms with Crippen LogP contribution < -0.4 is 4.74 Å². The van der Waals surface area contributed by atoms with Crippen LogP contribution in [0, 0.1) is 5.41 Å². The van der Waals surface area contributed by atoms with E-state index in [1.165, 1.54) is 11.3 Å². The molecule has 0 saturated carbocycles. The number of rotatable bonds is 7. The second-order valence-corrected chi connectivity index (χ2v) is 7.38. The third-order valence-corrected chi connectivity index (χ3v) is 4.91. The smallest absolute Gasteiger partial charge is 0.416 e. The molecule has 30 heavy (non-hydrogen) atoms. The summed E-state index contributed by atoms with van der Waals surface area (Å²) in [5.74, 6) is -0.202. The maximum atomic E-state index is 12.6. The maximum absolute atomic E-state index is 12.6. The van der Waals surface area contributed by atoms with Gasteiger partial charge in [0.25, 0.3) is 0 Å². The van der Waals surface area contributed by atoms with E-state index in [0.29, 0.717) is 21.5 Å². The summed E-state index contributed by atoms with van der Waals surface area (Å²) in [4.78, 5) is 16.2. The Morgan fingerprint density at radius 3 is 2.40 bits per heavy atom. The molecule has 5 nitrogen and oxygen atoms in total. The maximum Gasteiger partial charge on any atom is 0.416 e. The van der Waals surface area contributed by atoms with Gasteiger partial charge in [0.1, 0.15) is 24.0 Å². The van der Waals surface area contributed by atoms with Crippen LogP contribution in [0.15, 0.2) is 53.9 Å². The molecule has 0 amide bonds. The fourth-order valence-electron chi connectivity index (χ4n) is 2.28. The van der Waals surface area contributed by atoms with E-state index in [9.17, 15) is 18.0 Å². The topological polar surface area (TPSA) is 72.3 Å². The first-order valence-corrected chi connectivity index (χ1v) is 9.73. The molecule has 0 unspecified atom stereocenters. The molecule has 10 heteroatoms. The number of esters is 1. The number of hydrogen-bond donors (Lipinski definition) is 1. The molecule has 0 aliphatic rings. The van der Waals surface area contributed by atoms with Crippen LogP contribution in [0.4, 0.5) is 13.2 Å². The van der Waals surface area contributed by atoms with E-state index in [0.717, 1.165) is 24.3 Å². The Morgan fingerprint density at radius 2 is 1.77 bits per heavy atom. The van der Waals surface area contributed by atoms with Gasteiger partial charge in [-0.05, 0) is 48.5 Å². The Labute approximate surface area is 178 Å². The third kappa shape index (κ3) is 5.80. The van der Waals surface area contributed by atoms with Crippen molar-refractivity contribution >= 4 is 34.6 Å². The summed E-state index contributed by atoms with van der Waals surface area (Å²) in [5.41, 5.74) is -0.604. The van der Waals surface area contributed by atoms with Crippen molar-refractivity contribution in [1.29, 1.82) is 5.41 Å². The average Bonchev–Trinajstić information content (AvgIpc) is 3.20. The molecule has 3 rings (SSSR count). The van der Waals surface area contributed by atoms with E-state index in [4.69, 9.17) is 26.5 Å². The highest BCUT2D eigenvalue weighted by molar-refractivity contribution is 7.09. The molecule has 0 atom stereocenters. The van der Waals surface area contributed by atoms with Gasteiger partial charge in [-0.15, -0.1) is 11.3 Å². The number of benzene rings is 2. The predicted molar refractivity (Wildman–Crippen MR) is 106 cm³/mol. The molecule has 1 N–H and O–H groups in total. The van der Waals surface area contributed by atoms with E-state index >= 15 is 0 Å². The van der Waals surface area contributed by atoms with Gasteiger partial charge in [-0.1, -0.05) is 11.6 Å². The summed E-state index contributed by atoms with van der Waals surface area (Å²) < 4.78 is 48.3. The number of nitrogens with one attached hydrogen (secondary N) is 1. The lowest BCUT2D eigenvalue weighted by molar-refractivity contribution is -0.137. The number of hydrogen-bond acceptors (Lipinski definition) is 6. The van der Waals surface area contributed by atoms with Gasteiger partial charge in [0, 0.05) is 10.4 Å². The lowest BCUT2D eigenvalue weighted by Crippen LogP contribution is -2.15. The summed E-state index contributed by atoms with van der Waals surface area (Å²) in [6.07, 6.45) is -4.48. The first-order chi connectivity index (χ1) is 14.2. The SMILES string of the molecule is N=C(COC(=O)c1ccc(C(F)(F)F)cc1)c1csc(COc2ccc(Cl)cc2)n1. The van der Waals surface area contributed by atoms with Gasteiger partial charge in [0.15, 0.2) is 0 Å². The molecule has 0 saturated heterocycles. The van der Waals surface area contributed by atoms with Gasteiger partial charge in [-0.3, -0.25) is 5.41 Å². The van der Waals surface area contributed by atoms with Crippen LogP contribution in [0.3, 0.4) is 0 Å². The molecule has 0 aliphatic carbocycles. The molecule has 0 radical (unpaired) electrons. The number of nitrogens with zero attached hydrogens (tertiary/aromatic N) is 1. The minimum atomic E-state index is -4.48. The van der Waals surface area contributed by atoms with Crippen LogP contribution in [0.1, 0.15) is 26.6 Å². The van der Waals surface area contributed by atoms with E-state index in [1.807, 2.05) is 0 Å². The lowest BCUT2D eigenvalue weighted by Gasteiger charge is -2.08. The van der Waals surface area contributed by atoms with E-state index in [2.05, 4.69) is 4.98 Å². The molecule has 1 aromatic heterocycles. The molecule has 1 heterocycles. The van der Waals surface area contributed by atoms with Crippen molar-refractivity contribution in [3.8, 4) is 5.75 Å². The Hall–Kier alpha value is -2.91. The molecule has 0 spiro atoms. The molecule has 3 aromatic rings. The van der Waals surface area contributed by atoms with Gasteiger partial charge in [0.2, 0.25) is 0 Å². The van der Waals surface area contributed by atoms with E-state index in [-0.39, 0.29) is 24.5 Å². The standard InChI is InChI=1S/C20H14ClF3N2O3S/c21-14-5-7-15(8-6-14)28-10-18-26-17(11-30-18)16(25)9-29-19(27)12-1-3-13(4-2-12)20(22,23)24/h1-8,11,25H,9-10H2. The van der Waals surface area contributed by atoms with Crippen LogP contribution >= 0.6 is 22.9 Å². The van der Waals surface area contributed by atoms with E-state index < -0.39 is 17.7 Å². The zero-order valence-electron chi connectivity index (χ0n) is 15.2. The summed E-state index contributed by atoms with van der Waals surface area (Å²) in [5, 5.41) is 10.9. The summed E-state index contributed by atoms with van der Waals surface area (Å²) in [6.45, 7) is -0.161. The molecular weight excluding hydrogens is 441 g/mol. The van der Waals surface area contributed by atoms with Crippen LogP contribution in [0.25, 0.3) is 0 Å². The zero-order chi connectivity index (χ0) is 21.7. The number of halogens is 4. The molecule has 0 fully saturated rings. The highest BCUT2D eigenvalue weighted by atomic mass is 35.5. The van der Waals surface area contributed by atoms with Crippen molar-refractivity contribution in [2.24, 2.45) is 0 Å². The monoisotopic (exact) mass is 454 g/mol. The highest BCUT2D eigenvalue weighted by Gasteiger charge is 2.30. The van der Waals surface area contributed by atoms with Crippen molar-refractivity contribution in [2.45, 2.75) is 12.8 Å². The number of carbonyl (C=O) groups is 1. The fourth-order valence-corrected chi connectivity index (χ4v) is 3.13. The second kappa shape index (κ2) is 9.27. The number of carbonyl (C=O) groups excluding carboxylic acids is 1. The summed E-state index contributed by atoms with van der Waals surface area (Å²) >= 11 is 7.10. The Kier molecular flexibility index (Phi) is 6.73. The second-order valence-electron chi connectivity index (χ2n) is 6.00. The predicted octanol–water partition coefficient (Wildman–Crippen LogP) is 5.62. The largest absolute Gasteiger partial charge is 0.486 e. The minimum Gasteiger partial charge on any atom is -0.486 e. The van der Waals surface area contributed by atoms with Gasteiger partial charge in [-0.2, -0.15) is 13.2 Å². The molecule has 0 bridgehead atoms. The van der Waals surface area contributed by atoms with Gasteiger partial charge in [-0.25, -0.2) is 9.78 Å². The number of ether oxygens (including phenoxy) is 2. The van der Waals surface area contributed by atoms with Crippen LogP contribution in [0.2, 0.25) is 5.02 Å². The number of alkyl halides is 3.